The maximum Gasteiger partial charge on any atom is 0.407 e. The van der Waals surface area contributed by atoms with Gasteiger partial charge < -0.3 is 20.1 Å². The van der Waals surface area contributed by atoms with Crippen LogP contribution in [0.3, 0.4) is 0 Å². The van der Waals surface area contributed by atoms with Gasteiger partial charge in [-0.2, -0.15) is 11.8 Å². The number of nitrogens with zero attached hydrogens (tertiary/aromatic N) is 1. The lowest BCUT2D eigenvalue weighted by Crippen LogP contribution is -2.42. The highest BCUT2D eigenvalue weighted by Gasteiger charge is 2.30. The minimum Gasteiger partial charge on any atom is -0.480 e. The van der Waals surface area contributed by atoms with Crippen molar-refractivity contribution in [1.82, 2.24) is 10.2 Å². The molecule has 0 bridgehead atoms. The van der Waals surface area contributed by atoms with E-state index in [2.05, 4.69) is 29.6 Å². The molecule has 2 aromatic rings. The predicted molar refractivity (Wildman–Crippen MR) is 134 cm³/mol. The van der Waals surface area contributed by atoms with Crippen LogP contribution in [0.4, 0.5) is 4.79 Å². The summed E-state index contributed by atoms with van der Waals surface area (Å²) >= 11 is 1.55. The van der Waals surface area contributed by atoms with Crippen molar-refractivity contribution < 1.29 is 24.2 Å². The summed E-state index contributed by atoms with van der Waals surface area (Å²) in [6.45, 7) is 4.24. The first-order valence-electron chi connectivity index (χ1n) is 11.3. The van der Waals surface area contributed by atoms with Gasteiger partial charge in [0.2, 0.25) is 5.91 Å². The molecule has 8 heteroatoms. The number of carboxylic acids is 1. The topological polar surface area (TPSA) is 95.9 Å². The third-order valence-corrected chi connectivity index (χ3v) is 6.52. The average Bonchev–Trinajstić information content (AvgIpc) is 3.12. The molecule has 0 unspecified atom stereocenters. The Balaban J connectivity index is 1.53. The first-order valence-corrected chi connectivity index (χ1v) is 12.7. The van der Waals surface area contributed by atoms with E-state index in [0.717, 1.165) is 11.1 Å². The number of alkyl carbamates (subject to hydrolysis) is 1. The fourth-order valence-corrected chi connectivity index (χ4v) is 4.60. The van der Waals surface area contributed by atoms with Crippen LogP contribution in [0.5, 0.6) is 0 Å². The number of carbonyl (C=O) groups is 3. The van der Waals surface area contributed by atoms with E-state index in [0.29, 0.717) is 12.3 Å². The zero-order valence-corrected chi connectivity index (χ0v) is 20.7. The summed E-state index contributed by atoms with van der Waals surface area (Å²) < 4.78 is 5.57. The smallest absolute Gasteiger partial charge is 0.407 e. The molecular formula is C26H32N2O5S. The molecule has 7 nitrogen and oxygen atoms in total. The van der Waals surface area contributed by atoms with Crippen molar-refractivity contribution in [2.45, 2.75) is 26.2 Å². The van der Waals surface area contributed by atoms with Gasteiger partial charge in [-0.1, -0.05) is 62.4 Å². The van der Waals surface area contributed by atoms with E-state index < -0.39 is 17.5 Å². The molecule has 34 heavy (non-hydrogen) atoms. The molecule has 2 N–H and O–H groups in total. The monoisotopic (exact) mass is 484 g/mol. The van der Waals surface area contributed by atoms with Crippen LogP contribution in [-0.4, -0.2) is 66.2 Å². The standard InChI is InChI=1S/C26H32N2O5S/c1-26(2,14-23(29)28(12-13-34-3)15-24(30)31)17-27-25(32)33-16-22-20-10-6-4-8-18(20)19-9-5-7-11-21(19)22/h4-11,22H,12-17H2,1-3H3,(H,27,32)(H,30,31). The molecule has 0 spiro atoms. The Morgan fingerprint density at radius 3 is 2.21 bits per heavy atom. The molecule has 0 saturated carbocycles. The summed E-state index contributed by atoms with van der Waals surface area (Å²) in [5, 5.41) is 11.9. The van der Waals surface area contributed by atoms with Crippen LogP contribution in [-0.2, 0) is 14.3 Å². The number of benzene rings is 2. The molecule has 0 radical (unpaired) electrons. The van der Waals surface area contributed by atoms with Crippen molar-refractivity contribution in [2.75, 3.05) is 38.2 Å². The molecule has 2 amide bonds. The zero-order chi connectivity index (χ0) is 24.7. The van der Waals surface area contributed by atoms with Crippen molar-refractivity contribution in [2.24, 2.45) is 5.41 Å². The van der Waals surface area contributed by atoms with Crippen molar-refractivity contribution in [1.29, 1.82) is 0 Å². The Morgan fingerprint density at radius 2 is 1.65 bits per heavy atom. The van der Waals surface area contributed by atoms with E-state index in [1.54, 1.807) is 11.8 Å². The van der Waals surface area contributed by atoms with E-state index in [-0.39, 0.29) is 37.9 Å². The van der Waals surface area contributed by atoms with Gasteiger partial charge in [0.05, 0.1) is 0 Å². The molecule has 0 fully saturated rings. The van der Waals surface area contributed by atoms with Gasteiger partial charge in [0.1, 0.15) is 13.2 Å². The van der Waals surface area contributed by atoms with Crippen molar-refractivity contribution >= 4 is 29.7 Å². The number of thioether (sulfide) groups is 1. The lowest BCUT2D eigenvalue weighted by molar-refractivity contribution is -0.145. The molecule has 0 atom stereocenters. The van der Waals surface area contributed by atoms with E-state index in [1.165, 1.54) is 16.0 Å². The number of amides is 2. The van der Waals surface area contributed by atoms with Gasteiger partial charge >= 0.3 is 12.1 Å². The van der Waals surface area contributed by atoms with E-state index in [1.807, 2.05) is 44.4 Å². The van der Waals surface area contributed by atoms with Crippen LogP contribution >= 0.6 is 11.8 Å². The fraction of sp³-hybridized carbons (Fsp3) is 0.423. The van der Waals surface area contributed by atoms with Crippen LogP contribution in [0.25, 0.3) is 11.1 Å². The van der Waals surface area contributed by atoms with E-state index in [4.69, 9.17) is 9.84 Å². The Morgan fingerprint density at radius 1 is 1.06 bits per heavy atom. The summed E-state index contributed by atoms with van der Waals surface area (Å²) in [6, 6.07) is 16.3. The predicted octanol–water partition coefficient (Wildman–Crippen LogP) is 4.22. The lowest BCUT2D eigenvalue weighted by atomic mass is 9.88. The second kappa shape index (κ2) is 11.4. The van der Waals surface area contributed by atoms with Gasteiger partial charge in [0, 0.05) is 31.2 Å². The molecule has 0 aliphatic heterocycles. The summed E-state index contributed by atoms with van der Waals surface area (Å²) in [4.78, 5) is 37.6. The normalized spacial score (nSPS) is 12.6. The molecule has 3 rings (SSSR count). The Labute approximate surface area is 204 Å². The minimum absolute atomic E-state index is 0.0197. The van der Waals surface area contributed by atoms with Crippen molar-refractivity contribution in [3.05, 3.63) is 59.7 Å². The number of aliphatic carboxylic acids is 1. The van der Waals surface area contributed by atoms with Gasteiger partial charge in [0.15, 0.2) is 0 Å². The molecule has 0 saturated heterocycles. The van der Waals surface area contributed by atoms with E-state index in [9.17, 15) is 14.4 Å². The van der Waals surface area contributed by atoms with Gasteiger partial charge in [-0.3, -0.25) is 9.59 Å². The highest BCUT2D eigenvalue weighted by molar-refractivity contribution is 7.98. The third kappa shape index (κ3) is 6.53. The number of carbonyl (C=O) groups excluding carboxylic acids is 2. The number of nitrogens with one attached hydrogen (secondary N) is 1. The quantitative estimate of drug-likeness (QED) is 0.496. The maximum atomic E-state index is 12.7. The summed E-state index contributed by atoms with van der Waals surface area (Å²) in [5.74, 6) is -0.633. The number of rotatable bonds is 11. The Kier molecular flexibility index (Phi) is 8.61. The second-order valence-electron chi connectivity index (χ2n) is 9.22. The van der Waals surface area contributed by atoms with Gasteiger partial charge in [-0.15, -0.1) is 0 Å². The van der Waals surface area contributed by atoms with E-state index >= 15 is 0 Å². The lowest BCUT2D eigenvalue weighted by Gasteiger charge is -2.28. The minimum atomic E-state index is -1.04. The summed E-state index contributed by atoms with van der Waals surface area (Å²) in [5.41, 5.74) is 4.06. The Hall–Kier alpha value is -3.00. The zero-order valence-electron chi connectivity index (χ0n) is 19.9. The average molecular weight is 485 g/mol. The first kappa shape index (κ1) is 25.6. The third-order valence-electron chi connectivity index (χ3n) is 5.93. The number of carboxylic acid groups (broad SMARTS) is 1. The molecular weight excluding hydrogens is 452 g/mol. The largest absolute Gasteiger partial charge is 0.480 e. The molecule has 182 valence electrons. The molecule has 1 aliphatic carbocycles. The summed E-state index contributed by atoms with van der Waals surface area (Å²) in [6.07, 6.45) is 1.50. The molecule has 1 aliphatic rings. The maximum absolute atomic E-state index is 12.7. The number of hydrogen-bond acceptors (Lipinski definition) is 5. The highest BCUT2D eigenvalue weighted by Crippen LogP contribution is 2.44. The fourth-order valence-electron chi connectivity index (χ4n) is 4.20. The highest BCUT2D eigenvalue weighted by atomic mass is 32.2. The van der Waals surface area contributed by atoms with Crippen LogP contribution < -0.4 is 5.32 Å². The van der Waals surface area contributed by atoms with Crippen molar-refractivity contribution in [3.8, 4) is 11.1 Å². The van der Waals surface area contributed by atoms with Crippen LogP contribution in [0, 0.1) is 5.41 Å². The molecule has 2 aromatic carbocycles. The van der Waals surface area contributed by atoms with Crippen molar-refractivity contribution in [3.63, 3.8) is 0 Å². The first-order chi connectivity index (χ1) is 16.2. The van der Waals surface area contributed by atoms with Gasteiger partial charge in [-0.25, -0.2) is 4.79 Å². The Bertz CT molecular complexity index is 994. The molecule has 0 heterocycles. The molecule has 0 aromatic heterocycles. The van der Waals surface area contributed by atoms with Gasteiger partial charge in [0.25, 0.3) is 0 Å². The van der Waals surface area contributed by atoms with Gasteiger partial charge in [-0.05, 0) is 33.9 Å². The second-order valence-corrected chi connectivity index (χ2v) is 10.2. The summed E-state index contributed by atoms with van der Waals surface area (Å²) in [7, 11) is 0. The SMILES string of the molecule is CSCCN(CC(=O)O)C(=O)CC(C)(C)CNC(=O)OCC1c2ccccc2-c2ccccc21. The van der Waals surface area contributed by atoms with Crippen LogP contribution in [0.2, 0.25) is 0 Å². The number of hydrogen-bond donors (Lipinski definition) is 2. The van der Waals surface area contributed by atoms with Crippen LogP contribution in [0.1, 0.15) is 37.3 Å². The number of fused-ring (bicyclic) bond motifs is 3. The number of ether oxygens (including phenoxy) is 1. The van der Waals surface area contributed by atoms with Crippen LogP contribution in [0.15, 0.2) is 48.5 Å².